The molecule has 112 valence electrons. The van der Waals surface area contributed by atoms with Crippen LogP contribution < -0.4 is 10.6 Å². The van der Waals surface area contributed by atoms with Gasteiger partial charge in [0.15, 0.2) is 0 Å². The summed E-state index contributed by atoms with van der Waals surface area (Å²) < 4.78 is 0. The van der Waals surface area contributed by atoms with Crippen LogP contribution >= 0.6 is 0 Å². The minimum Gasteiger partial charge on any atom is -0.392 e. The van der Waals surface area contributed by atoms with Gasteiger partial charge in [0.05, 0.1) is 6.10 Å². The molecule has 2 amide bonds. The monoisotopic (exact) mass is 270 g/mol. The lowest BCUT2D eigenvalue weighted by Crippen LogP contribution is -2.47. The van der Waals surface area contributed by atoms with Crippen molar-refractivity contribution in [1.82, 2.24) is 10.6 Å². The normalized spacial score (nSPS) is 24.2. The molecule has 4 nitrogen and oxygen atoms in total. The molecule has 0 radical (unpaired) electrons. The number of hydrogen-bond acceptors (Lipinski definition) is 2. The Bertz CT molecular complexity index is 303. The average Bonchev–Trinajstić information content (AvgIpc) is 3.04. The number of aliphatic hydroxyl groups is 1. The molecule has 3 unspecified atom stereocenters. The molecule has 4 heteroatoms. The summed E-state index contributed by atoms with van der Waals surface area (Å²) in [4.78, 5) is 11.8. The minimum absolute atomic E-state index is 0.104. The van der Waals surface area contributed by atoms with Gasteiger partial charge in [0.25, 0.3) is 0 Å². The highest BCUT2D eigenvalue weighted by Gasteiger charge is 2.37. The van der Waals surface area contributed by atoms with Gasteiger partial charge >= 0.3 is 6.03 Å². The Morgan fingerprint density at radius 2 is 2.05 bits per heavy atom. The fourth-order valence-corrected chi connectivity index (χ4v) is 2.65. The van der Waals surface area contributed by atoms with Gasteiger partial charge in [-0.2, -0.15) is 0 Å². The summed E-state index contributed by atoms with van der Waals surface area (Å²) >= 11 is 0. The SMILES string of the molecule is CCCC1CC1NC(=O)NCC(C)(C)C(O)C(C)C. The van der Waals surface area contributed by atoms with E-state index < -0.39 is 6.10 Å². The molecule has 0 bridgehead atoms. The summed E-state index contributed by atoms with van der Waals surface area (Å²) in [5, 5.41) is 16.0. The van der Waals surface area contributed by atoms with Gasteiger partial charge in [-0.1, -0.05) is 41.0 Å². The van der Waals surface area contributed by atoms with Crippen LogP contribution in [0.25, 0.3) is 0 Å². The summed E-state index contributed by atoms with van der Waals surface area (Å²) in [5.41, 5.74) is -0.308. The number of carbonyl (C=O) groups is 1. The summed E-state index contributed by atoms with van der Waals surface area (Å²) in [7, 11) is 0. The fraction of sp³-hybridized carbons (Fsp3) is 0.933. The third-order valence-electron chi connectivity index (χ3n) is 4.04. The molecule has 1 rings (SSSR count). The van der Waals surface area contributed by atoms with E-state index in [0.717, 1.165) is 6.42 Å². The first kappa shape index (κ1) is 16.3. The van der Waals surface area contributed by atoms with Gasteiger partial charge < -0.3 is 15.7 Å². The highest BCUT2D eigenvalue weighted by Crippen LogP contribution is 2.34. The first-order chi connectivity index (χ1) is 8.77. The second-order valence-corrected chi connectivity index (χ2v) is 6.90. The molecule has 1 aliphatic rings. The van der Waals surface area contributed by atoms with E-state index in [1.807, 2.05) is 27.7 Å². The Morgan fingerprint density at radius 1 is 1.42 bits per heavy atom. The molecule has 0 aromatic carbocycles. The zero-order valence-electron chi connectivity index (χ0n) is 13.0. The summed E-state index contributed by atoms with van der Waals surface area (Å²) in [5.74, 6) is 0.863. The molecule has 1 saturated carbocycles. The Labute approximate surface area is 117 Å². The molecule has 19 heavy (non-hydrogen) atoms. The quantitative estimate of drug-likeness (QED) is 0.665. The lowest BCUT2D eigenvalue weighted by Gasteiger charge is -2.33. The van der Waals surface area contributed by atoms with Gasteiger partial charge in [0, 0.05) is 18.0 Å². The third-order valence-corrected chi connectivity index (χ3v) is 4.04. The van der Waals surface area contributed by atoms with Crippen LogP contribution in [0.1, 0.15) is 53.9 Å². The summed E-state index contributed by atoms with van der Waals surface area (Å²) in [6.45, 7) is 10.6. The highest BCUT2D eigenvalue weighted by molar-refractivity contribution is 5.74. The molecule has 1 aliphatic carbocycles. The van der Waals surface area contributed by atoms with E-state index in [9.17, 15) is 9.90 Å². The Hall–Kier alpha value is -0.770. The van der Waals surface area contributed by atoms with Crippen molar-refractivity contribution in [2.45, 2.75) is 66.0 Å². The summed E-state index contributed by atoms with van der Waals surface area (Å²) in [6.07, 6.45) is 3.07. The fourth-order valence-electron chi connectivity index (χ4n) is 2.65. The third kappa shape index (κ3) is 5.01. The lowest BCUT2D eigenvalue weighted by molar-refractivity contribution is 0.0151. The van der Waals surface area contributed by atoms with E-state index in [0.29, 0.717) is 18.5 Å². The number of nitrogens with one attached hydrogen (secondary N) is 2. The average molecular weight is 270 g/mol. The molecule has 0 saturated heterocycles. The minimum atomic E-state index is -0.415. The molecule has 0 aromatic heterocycles. The Balaban J connectivity index is 2.27. The van der Waals surface area contributed by atoms with Crippen molar-refractivity contribution >= 4 is 6.03 Å². The number of hydrogen-bond donors (Lipinski definition) is 3. The van der Waals surface area contributed by atoms with Crippen molar-refractivity contribution < 1.29 is 9.90 Å². The molecular formula is C15H30N2O2. The van der Waals surface area contributed by atoms with Crippen LogP contribution in [0.3, 0.4) is 0 Å². The second kappa shape index (κ2) is 6.60. The number of rotatable bonds is 7. The summed E-state index contributed by atoms with van der Waals surface area (Å²) in [6, 6.07) is 0.255. The van der Waals surface area contributed by atoms with Gasteiger partial charge in [-0.25, -0.2) is 4.79 Å². The van der Waals surface area contributed by atoms with Crippen molar-refractivity contribution in [3.05, 3.63) is 0 Å². The van der Waals surface area contributed by atoms with E-state index >= 15 is 0 Å². The Morgan fingerprint density at radius 3 is 2.58 bits per heavy atom. The molecule has 0 heterocycles. The van der Waals surface area contributed by atoms with Crippen molar-refractivity contribution in [2.24, 2.45) is 17.3 Å². The van der Waals surface area contributed by atoms with Gasteiger partial charge in [-0.3, -0.25) is 0 Å². The van der Waals surface area contributed by atoms with Crippen LogP contribution in [0, 0.1) is 17.3 Å². The maximum Gasteiger partial charge on any atom is 0.315 e. The molecular weight excluding hydrogens is 240 g/mol. The molecule has 0 aromatic rings. The zero-order chi connectivity index (χ0) is 14.6. The molecule has 3 N–H and O–H groups in total. The van der Waals surface area contributed by atoms with E-state index in [-0.39, 0.29) is 17.4 Å². The van der Waals surface area contributed by atoms with E-state index in [1.165, 1.54) is 12.8 Å². The van der Waals surface area contributed by atoms with E-state index in [4.69, 9.17) is 0 Å². The van der Waals surface area contributed by atoms with Crippen molar-refractivity contribution in [2.75, 3.05) is 6.54 Å². The maximum atomic E-state index is 11.8. The standard InChI is InChI=1S/C15H30N2O2/c1-6-7-11-8-12(11)17-14(19)16-9-15(4,5)13(18)10(2)3/h10-13,18H,6-9H2,1-5H3,(H2,16,17,19). The first-order valence-corrected chi connectivity index (χ1v) is 7.50. The van der Waals surface area contributed by atoms with Crippen LogP contribution in [-0.4, -0.2) is 29.8 Å². The van der Waals surface area contributed by atoms with Crippen LogP contribution in [0.15, 0.2) is 0 Å². The van der Waals surface area contributed by atoms with Gasteiger partial charge in [-0.05, 0) is 24.7 Å². The predicted octanol–water partition coefficient (Wildman–Crippen LogP) is 2.52. The van der Waals surface area contributed by atoms with Crippen LogP contribution in [0.5, 0.6) is 0 Å². The highest BCUT2D eigenvalue weighted by atomic mass is 16.3. The molecule has 3 atom stereocenters. The second-order valence-electron chi connectivity index (χ2n) is 6.90. The number of aliphatic hydroxyl groups excluding tert-OH is 1. The number of carbonyl (C=O) groups excluding carboxylic acids is 1. The molecule has 0 aliphatic heterocycles. The van der Waals surface area contributed by atoms with Crippen LogP contribution in [0.2, 0.25) is 0 Å². The first-order valence-electron chi connectivity index (χ1n) is 7.50. The smallest absolute Gasteiger partial charge is 0.315 e. The number of amides is 2. The van der Waals surface area contributed by atoms with Crippen LogP contribution in [0.4, 0.5) is 4.79 Å². The maximum absolute atomic E-state index is 11.8. The predicted molar refractivity (Wildman–Crippen MR) is 78.0 cm³/mol. The molecule has 1 fully saturated rings. The number of urea groups is 1. The largest absolute Gasteiger partial charge is 0.392 e. The Kier molecular flexibility index (Phi) is 5.65. The van der Waals surface area contributed by atoms with Crippen molar-refractivity contribution in [1.29, 1.82) is 0 Å². The van der Waals surface area contributed by atoms with Gasteiger partial charge in [0.2, 0.25) is 0 Å². The topological polar surface area (TPSA) is 61.4 Å². The van der Waals surface area contributed by atoms with Crippen molar-refractivity contribution in [3.8, 4) is 0 Å². The van der Waals surface area contributed by atoms with E-state index in [1.54, 1.807) is 0 Å². The van der Waals surface area contributed by atoms with E-state index in [2.05, 4.69) is 17.6 Å². The lowest BCUT2D eigenvalue weighted by atomic mass is 9.81. The molecule has 0 spiro atoms. The van der Waals surface area contributed by atoms with Gasteiger partial charge in [-0.15, -0.1) is 0 Å². The van der Waals surface area contributed by atoms with Crippen molar-refractivity contribution in [3.63, 3.8) is 0 Å². The zero-order valence-corrected chi connectivity index (χ0v) is 13.0. The van der Waals surface area contributed by atoms with Crippen LogP contribution in [-0.2, 0) is 0 Å². The van der Waals surface area contributed by atoms with Gasteiger partial charge in [0.1, 0.15) is 0 Å².